The Balaban J connectivity index is 0.00000200. The molecule has 1 aliphatic heterocycles. The van der Waals surface area contributed by atoms with E-state index in [4.69, 9.17) is 15.2 Å². The average molecular weight is 301 g/mol. The highest BCUT2D eigenvalue weighted by atomic mass is 35.5. The molecule has 0 saturated carbocycles. The first-order valence-electron chi connectivity index (χ1n) is 6.55. The Bertz CT molecular complexity index is 431. The number of nitrogens with two attached hydrogens (primary N) is 1. The van der Waals surface area contributed by atoms with Crippen molar-refractivity contribution in [1.82, 2.24) is 0 Å². The summed E-state index contributed by atoms with van der Waals surface area (Å²) >= 11 is 0. The molecule has 1 aromatic carbocycles. The van der Waals surface area contributed by atoms with Gasteiger partial charge in [-0.1, -0.05) is 0 Å². The summed E-state index contributed by atoms with van der Waals surface area (Å²) in [7, 11) is 0. The van der Waals surface area contributed by atoms with Gasteiger partial charge >= 0.3 is 0 Å². The maximum absolute atomic E-state index is 12.2. The molecule has 112 valence electrons. The number of anilines is 1. The van der Waals surface area contributed by atoms with E-state index in [-0.39, 0.29) is 18.3 Å². The molecule has 3 N–H and O–H groups in total. The van der Waals surface area contributed by atoms with Crippen molar-refractivity contribution < 1.29 is 14.3 Å². The maximum atomic E-state index is 12.2. The Hall–Kier alpha value is -1.30. The number of benzene rings is 1. The van der Waals surface area contributed by atoms with Crippen LogP contribution in [0.5, 0.6) is 5.75 Å². The van der Waals surface area contributed by atoms with Gasteiger partial charge in [-0.05, 0) is 44.0 Å². The molecule has 0 bridgehead atoms. The van der Waals surface area contributed by atoms with Gasteiger partial charge in [-0.2, -0.15) is 0 Å². The molecule has 1 heterocycles. The quantitative estimate of drug-likeness (QED) is 0.891. The first-order chi connectivity index (χ1) is 9.14. The lowest BCUT2D eigenvalue weighted by Gasteiger charge is -2.31. The first-order valence-corrected chi connectivity index (χ1v) is 6.55. The highest BCUT2D eigenvalue weighted by Crippen LogP contribution is 2.21. The van der Waals surface area contributed by atoms with Crippen molar-refractivity contribution in [2.45, 2.75) is 25.3 Å². The molecule has 0 atom stereocenters. The molecule has 1 fully saturated rings. The maximum Gasteiger partial charge on any atom is 0.244 e. The molecule has 0 radical (unpaired) electrons. The van der Waals surface area contributed by atoms with Crippen molar-refractivity contribution in [2.75, 3.05) is 25.1 Å². The Kier molecular flexibility index (Phi) is 6.26. The van der Waals surface area contributed by atoms with Crippen molar-refractivity contribution in [3.8, 4) is 5.75 Å². The van der Waals surface area contributed by atoms with E-state index in [1.165, 1.54) is 0 Å². The number of hydrogen-bond acceptors (Lipinski definition) is 4. The van der Waals surface area contributed by atoms with Gasteiger partial charge in [-0.25, -0.2) is 0 Å². The van der Waals surface area contributed by atoms with E-state index in [9.17, 15) is 4.79 Å². The molecule has 0 aliphatic carbocycles. The van der Waals surface area contributed by atoms with Crippen LogP contribution in [0.3, 0.4) is 0 Å². The monoisotopic (exact) mass is 300 g/mol. The Morgan fingerprint density at radius 1 is 1.35 bits per heavy atom. The smallest absolute Gasteiger partial charge is 0.244 e. The van der Waals surface area contributed by atoms with E-state index in [1.807, 2.05) is 31.2 Å². The molecule has 0 spiro atoms. The van der Waals surface area contributed by atoms with E-state index in [0.29, 0.717) is 32.7 Å². The van der Waals surface area contributed by atoms with E-state index in [0.717, 1.165) is 11.4 Å². The molecular weight excluding hydrogens is 280 g/mol. The molecule has 2 rings (SSSR count). The zero-order valence-electron chi connectivity index (χ0n) is 11.6. The number of hydrogen-bond donors (Lipinski definition) is 2. The van der Waals surface area contributed by atoms with Crippen molar-refractivity contribution in [3.05, 3.63) is 24.3 Å². The molecular formula is C14H21ClN2O3. The molecule has 6 heteroatoms. The first kappa shape index (κ1) is 16.8. The van der Waals surface area contributed by atoms with Gasteiger partial charge in [-0.3, -0.25) is 4.79 Å². The van der Waals surface area contributed by atoms with Gasteiger partial charge < -0.3 is 20.5 Å². The topological polar surface area (TPSA) is 73.6 Å². The molecule has 1 saturated heterocycles. The summed E-state index contributed by atoms with van der Waals surface area (Å²) in [6, 6.07) is 7.27. The SMILES string of the molecule is CCOc1ccc(NC(=O)C2(N)CCOCC2)cc1.Cl. The Morgan fingerprint density at radius 2 is 1.95 bits per heavy atom. The van der Waals surface area contributed by atoms with E-state index in [2.05, 4.69) is 5.32 Å². The number of ether oxygens (including phenoxy) is 2. The Labute approximate surface area is 125 Å². The van der Waals surface area contributed by atoms with Crippen molar-refractivity contribution in [3.63, 3.8) is 0 Å². The van der Waals surface area contributed by atoms with Crippen LogP contribution in [0.1, 0.15) is 19.8 Å². The number of amides is 1. The average Bonchev–Trinajstić information content (AvgIpc) is 2.42. The van der Waals surface area contributed by atoms with Gasteiger partial charge in [-0.15, -0.1) is 12.4 Å². The second-order valence-corrected chi connectivity index (χ2v) is 4.68. The van der Waals surface area contributed by atoms with Crippen LogP contribution in [-0.2, 0) is 9.53 Å². The second-order valence-electron chi connectivity index (χ2n) is 4.68. The van der Waals surface area contributed by atoms with E-state index >= 15 is 0 Å². The summed E-state index contributed by atoms with van der Waals surface area (Å²) in [6.45, 7) is 3.62. The summed E-state index contributed by atoms with van der Waals surface area (Å²) in [5, 5.41) is 2.85. The lowest BCUT2D eigenvalue weighted by atomic mass is 9.90. The molecule has 0 unspecified atom stereocenters. The van der Waals surface area contributed by atoms with Gasteiger partial charge in [0.05, 0.1) is 6.61 Å². The summed E-state index contributed by atoms with van der Waals surface area (Å²) in [4.78, 5) is 12.2. The Morgan fingerprint density at radius 3 is 2.50 bits per heavy atom. The number of halogens is 1. The van der Waals surface area contributed by atoms with Gasteiger partial charge in [0, 0.05) is 18.9 Å². The zero-order valence-corrected chi connectivity index (χ0v) is 12.4. The minimum atomic E-state index is -0.823. The van der Waals surface area contributed by atoms with Gasteiger partial charge in [0.15, 0.2) is 0 Å². The predicted molar refractivity (Wildman–Crippen MR) is 80.5 cm³/mol. The van der Waals surface area contributed by atoms with Crippen LogP contribution in [0.4, 0.5) is 5.69 Å². The highest BCUT2D eigenvalue weighted by Gasteiger charge is 2.35. The highest BCUT2D eigenvalue weighted by molar-refractivity contribution is 5.98. The predicted octanol–water partition coefficient (Wildman–Crippen LogP) is 1.95. The summed E-state index contributed by atoms with van der Waals surface area (Å²) < 4.78 is 10.6. The number of carbonyl (C=O) groups is 1. The van der Waals surface area contributed by atoms with Gasteiger partial charge in [0.2, 0.25) is 5.91 Å². The van der Waals surface area contributed by atoms with Crippen LogP contribution in [0.25, 0.3) is 0 Å². The molecule has 1 aliphatic rings. The third kappa shape index (κ3) is 4.10. The normalized spacial score (nSPS) is 16.9. The van der Waals surface area contributed by atoms with Crippen LogP contribution >= 0.6 is 12.4 Å². The van der Waals surface area contributed by atoms with Crippen molar-refractivity contribution >= 4 is 24.0 Å². The summed E-state index contributed by atoms with van der Waals surface area (Å²) in [6.07, 6.45) is 1.10. The van der Waals surface area contributed by atoms with Crippen LogP contribution in [0, 0.1) is 0 Å². The third-order valence-electron chi connectivity index (χ3n) is 3.26. The van der Waals surface area contributed by atoms with Gasteiger partial charge in [0.25, 0.3) is 0 Å². The van der Waals surface area contributed by atoms with Gasteiger partial charge in [0.1, 0.15) is 11.3 Å². The number of carbonyl (C=O) groups excluding carboxylic acids is 1. The lowest BCUT2D eigenvalue weighted by Crippen LogP contribution is -2.54. The fourth-order valence-corrected chi connectivity index (χ4v) is 2.02. The molecule has 1 amide bonds. The van der Waals surface area contributed by atoms with Crippen LogP contribution < -0.4 is 15.8 Å². The van der Waals surface area contributed by atoms with E-state index < -0.39 is 5.54 Å². The number of nitrogens with one attached hydrogen (secondary N) is 1. The largest absolute Gasteiger partial charge is 0.494 e. The lowest BCUT2D eigenvalue weighted by molar-refractivity contribution is -0.124. The second kappa shape index (κ2) is 7.47. The summed E-state index contributed by atoms with van der Waals surface area (Å²) in [5.41, 5.74) is 6.02. The minimum absolute atomic E-state index is 0. The fourth-order valence-electron chi connectivity index (χ4n) is 2.02. The number of rotatable bonds is 4. The summed E-state index contributed by atoms with van der Waals surface area (Å²) in [5.74, 6) is 0.633. The van der Waals surface area contributed by atoms with Crippen LogP contribution in [0.15, 0.2) is 24.3 Å². The standard InChI is InChI=1S/C14H20N2O3.ClH/c1-2-19-12-5-3-11(4-6-12)16-13(17)14(15)7-9-18-10-8-14;/h3-6H,2,7-10,15H2,1H3,(H,16,17);1H. The van der Waals surface area contributed by atoms with Crippen molar-refractivity contribution in [1.29, 1.82) is 0 Å². The van der Waals surface area contributed by atoms with Crippen LogP contribution in [0.2, 0.25) is 0 Å². The van der Waals surface area contributed by atoms with E-state index in [1.54, 1.807) is 0 Å². The molecule has 1 aromatic rings. The van der Waals surface area contributed by atoms with Crippen LogP contribution in [-0.4, -0.2) is 31.3 Å². The third-order valence-corrected chi connectivity index (χ3v) is 3.26. The molecule has 0 aromatic heterocycles. The minimum Gasteiger partial charge on any atom is -0.494 e. The van der Waals surface area contributed by atoms with Crippen molar-refractivity contribution in [2.24, 2.45) is 5.73 Å². The molecule has 20 heavy (non-hydrogen) atoms. The fraction of sp³-hybridized carbons (Fsp3) is 0.500. The molecule has 5 nitrogen and oxygen atoms in total. The zero-order chi connectivity index (χ0) is 13.7.